The van der Waals surface area contributed by atoms with Gasteiger partial charge in [0.15, 0.2) is 0 Å². The Morgan fingerprint density at radius 2 is 1.16 bits per heavy atom. The molecule has 2 aliphatic carbocycles. The minimum absolute atomic E-state index is 0.375. The van der Waals surface area contributed by atoms with Crippen LogP contribution in [0.4, 0.5) is 0 Å². The van der Waals surface area contributed by atoms with Gasteiger partial charge in [0.25, 0.3) is 0 Å². The average molecular weight is 702 g/mol. The molecule has 1 unspecified atom stereocenters. The fourth-order valence-electron chi connectivity index (χ4n) is 8.65. The molecule has 9 aromatic rings. The SMILES string of the molecule is C1=CC2CC(c3ccc4c(ccc5c6ccc(-c7ccc8cc(-c9cccnc9)ccc8c7)cc6n(-c6ccccc6)c45)c3)=CC=C2C=C1c1cccnc1. The van der Waals surface area contributed by atoms with Crippen LogP contribution in [0.5, 0.6) is 0 Å². The lowest BCUT2D eigenvalue weighted by atomic mass is 9.80. The van der Waals surface area contributed by atoms with Crippen LogP contribution in [0.15, 0.2) is 200 Å². The van der Waals surface area contributed by atoms with Crippen molar-refractivity contribution in [2.24, 2.45) is 5.92 Å². The predicted octanol–water partition coefficient (Wildman–Crippen LogP) is 13.2. The van der Waals surface area contributed by atoms with Crippen molar-refractivity contribution in [2.75, 3.05) is 0 Å². The highest BCUT2D eigenvalue weighted by Gasteiger charge is 2.22. The van der Waals surface area contributed by atoms with E-state index >= 15 is 0 Å². The first kappa shape index (κ1) is 31.4. The van der Waals surface area contributed by atoms with Gasteiger partial charge in [-0.3, -0.25) is 9.97 Å². The van der Waals surface area contributed by atoms with Crippen molar-refractivity contribution in [1.82, 2.24) is 14.5 Å². The topological polar surface area (TPSA) is 30.7 Å². The van der Waals surface area contributed by atoms with E-state index in [1.807, 2.05) is 36.9 Å². The lowest BCUT2D eigenvalue weighted by Crippen LogP contribution is -2.08. The molecule has 0 N–H and O–H groups in total. The van der Waals surface area contributed by atoms with Gasteiger partial charge in [-0.05, 0) is 116 Å². The summed E-state index contributed by atoms with van der Waals surface area (Å²) in [5, 5.41) is 7.47. The third-order valence-electron chi connectivity index (χ3n) is 11.5. The molecule has 0 bridgehead atoms. The van der Waals surface area contributed by atoms with Crippen LogP contribution in [0, 0.1) is 5.92 Å². The van der Waals surface area contributed by atoms with Gasteiger partial charge in [-0.2, -0.15) is 0 Å². The van der Waals surface area contributed by atoms with Gasteiger partial charge in [0.05, 0.1) is 11.0 Å². The molecule has 0 spiro atoms. The minimum Gasteiger partial charge on any atom is -0.309 e. The second-order valence-corrected chi connectivity index (χ2v) is 14.7. The van der Waals surface area contributed by atoms with Gasteiger partial charge >= 0.3 is 0 Å². The number of rotatable bonds is 5. The van der Waals surface area contributed by atoms with E-state index in [1.54, 1.807) is 0 Å². The molecule has 1 atom stereocenters. The van der Waals surface area contributed by atoms with Crippen molar-refractivity contribution < 1.29 is 0 Å². The number of hydrogen-bond acceptors (Lipinski definition) is 2. The molecule has 55 heavy (non-hydrogen) atoms. The number of allylic oxidation sites excluding steroid dienone is 8. The Morgan fingerprint density at radius 3 is 1.95 bits per heavy atom. The second-order valence-electron chi connectivity index (χ2n) is 14.7. The van der Waals surface area contributed by atoms with E-state index in [0.29, 0.717) is 5.92 Å². The van der Waals surface area contributed by atoms with E-state index in [0.717, 1.165) is 23.2 Å². The fourth-order valence-corrected chi connectivity index (χ4v) is 8.65. The average Bonchev–Trinajstić information content (AvgIpc) is 3.60. The van der Waals surface area contributed by atoms with Gasteiger partial charge in [-0.1, -0.05) is 121 Å². The number of aromatic nitrogens is 3. The fraction of sp³-hybridized carbons (Fsp3) is 0.0385. The minimum atomic E-state index is 0.375. The summed E-state index contributed by atoms with van der Waals surface area (Å²) in [6.07, 6.45) is 20.0. The number of hydrogen-bond donors (Lipinski definition) is 0. The van der Waals surface area contributed by atoms with Crippen LogP contribution >= 0.6 is 0 Å². The number of nitrogens with zero attached hydrogens (tertiary/aromatic N) is 3. The molecule has 3 heteroatoms. The Bertz CT molecular complexity index is 3090. The van der Waals surface area contributed by atoms with Gasteiger partial charge < -0.3 is 4.57 Å². The largest absolute Gasteiger partial charge is 0.309 e. The van der Waals surface area contributed by atoms with Crippen LogP contribution in [0.2, 0.25) is 0 Å². The molecular formula is C52H35N3. The maximum Gasteiger partial charge on any atom is 0.0619 e. The highest BCUT2D eigenvalue weighted by Crippen LogP contribution is 2.42. The van der Waals surface area contributed by atoms with Crippen molar-refractivity contribution in [1.29, 1.82) is 0 Å². The first-order valence-corrected chi connectivity index (χ1v) is 19.0. The molecule has 3 aromatic heterocycles. The Labute approximate surface area is 319 Å². The zero-order valence-electron chi connectivity index (χ0n) is 30.1. The van der Waals surface area contributed by atoms with Crippen molar-refractivity contribution in [2.45, 2.75) is 6.42 Å². The molecule has 258 valence electrons. The lowest BCUT2D eigenvalue weighted by molar-refractivity contribution is 0.794. The van der Waals surface area contributed by atoms with Gasteiger partial charge in [-0.25, -0.2) is 0 Å². The number of fused-ring (bicyclic) bond motifs is 7. The monoisotopic (exact) mass is 701 g/mol. The molecule has 0 saturated heterocycles. The maximum atomic E-state index is 4.32. The third kappa shape index (κ3) is 5.43. The van der Waals surface area contributed by atoms with E-state index in [9.17, 15) is 0 Å². The van der Waals surface area contributed by atoms with Gasteiger partial charge in [0.2, 0.25) is 0 Å². The third-order valence-corrected chi connectivity index (χ3v) is 11.5. The number of pyridine rings is 2. The molecule has 0 radical (unpaired) electrons. The Kier molecular flexibility index (Phi) is 7.31. The van der Waals surface area contributed by atoms with Crippen LogP contribution in [0.3, 0.4) is 0 Å². The molecule has 0 amide bonds. The summed E-state index contributed by atoms with van der Waals surface area (Å²) in [5.74, 6) is 0.375. The molecule has 3 heterocycles. The molecule has 0 fully saturated rings. The van der Waals surface area contributed by atoms with E-state index in [-0.39, 0.29) is 0 Å². The summed E-state index contributed by atoms with van der Waals surface area (Å²) < 4.78 is 2.46. The van der Waals surface area contributed by atoms with E-state index < -0.39 is 0 Å². The van der Waals surface area contributed by atoms with Crippen LogP contribution in [-0.4, -0.2) is 14.5 Å². The zero-order valence-corrected chi connectivity index (χ0v) is 30.1. The summed E-state index contributed by atoms with van der Waals surface area (Å²) in [5.41, 5.74) is 14.7. The zero-order chi connectivity index (χ0) is 36.3. The highest BCUT2D eigenvalue weighted by atomic mass is 15.0. The number of benzene rings is 6. The molecule has 3 nitrogen and oxygen atoms in total. The Balaban J connectivity index is 1.00. The summed E-state index contributed by atoms with van der Waals surface area (Å²) in [4.78, 5) is 8.64. The summed E-state index contributed by atoms with van der Waals surface area (Å²) in [6.45, 7) is 0. The standard InChI is InChI=1S/C52H35N3/c1-2-8-47(9-3-1)55-51-31-43(39-13-12-38-29-42(17-15-35(38)27-39)46-7-5-25-54-33-46)19-22-49(51)50-23-20-44-30-40(18-21-48(44)52(50)55)36-10-11-37-28-41(16-14-34(37)26-36)45-6-4-24-53-32-45/h1-25,27-34H,26H2. The molecule has 2 aliphatic rings. The van der Waals surface area contributed by atoms with Crippen molar-refractivity contribution in [3.8, 4) is 27.9 Å². The van der Waals surface area contributed by atoms with E-state index in [4.69, 9.17) is 0 Å². The van der Waals surface area contributed by atoms with Gasteiger partial charge in [0.1, 0.15) is 0 Å². The molecule has 0 saturated carbocycles. The lowest BCUT2D eigenvalue weighted by Gasteiger charge is -2.25. The summed E-state index contributed by atoms with van der Waals surface area (Å²) in [6, 6.07) is 51.1. The Hall–Kier alpha value is -7.10. The van der Waals surface area contributed by atoms with Gasteiger partial charge in [0, 0.05) is 58.1 Å². The molecule has 11 rings (SSSR count). The molecule has 0 aliphatic heterocycles. The summed E-state index contributed by atoms with van der Waals surface area (Å²) in [7, 11) is 0. The van der Waals surface area contributed by atoms with Crippen LogP contribution in [0.25, 0.3) is 82.4 Å². The Morgan fingerprint density at radius 1 is 0.509 bits per heavy atom. The van der Waals surface area contributed by atoms with Crippen molar-refractivity contribution >= 4 is 54.5 Å². The highest BCUT2D eigenvalue weighted by molar-refractivity contribution is 6.19. The van der Waals surface area contributed by atoms with Crippen molar-refractivity contribution in [3.05, 3.63) is 211 Å². The van der Waals surface area contributed by atoms with Crippen LogP contribution in [-0.2, 0) is 0 Å². The van der Waals surface area contributed by atoms with Crippen LogP contribution in [0.1, 0.15) is 17.5 Å². The van der Waals surface area contributed by atoms with E-state index in [2.05, 4.69) is 172 Å². The second kappa shape index (κ2) is 12.8. The van der Waals surface area contributed by atoms with Gasteiger partial charge in [-0.15, -0.1) is 0 Å². The maximum absolute atomic E-state index is 4.32. The number of para-hydroxylation sites is 1. The normalized spacial score (nSPS) is 15.3. The first-order chi connectivity index (χ1) is 27.2. The first-order valence-electron chi connectivity index (χ1n) is 19.0. The van der Waals surface area contributed by atoms with Crippen molar-refractivity contribution in [3.63, 3.8) is 0 Å². The molecular weight excluding hydrogens is 667 g/mol. The predicted molar refractivity (Wildman–Crippen MR) is 230 cm³/mol. The quantitative estimate of drug-likeness (QED) is 0.179. The van der Waals surface area contributed by atoms with E-state index in [1.165, 1.54) is 82.3 Å². The smallest absolute Gasteiger partial charge is 0.0619 e. The van der Waals surface area contributed by atoms with Crippen LogP contribution < -0.4 is 0 Å². The molecule has 6 aromatic carbocycles. The summed E-state index contributed by atoms with van der Waals surface area (Å²) >= 11 is 0.